The molecule has 0 aliphatic carbocycles. The number of halogens is 1. The number of nitrogens with one attached hydrogen (secondary N) is 1. The van der Waals surface area contributed by atoms with Gasteiger partial charge in [-0.15, -0.1) is 11.3 Å². The average Bonchev–Trinajstić information content (AvgIpc) is 2.77. The van der Waals surface area contributed by atoms with Gasteiger partial charge in [0.25, 0.3) is 0 Å². The first-order valence-electron chi connectivity index (χ1n) is 5.90. The largest absolute Gasteiger partial charge is 0.398 e. The van der Waals surface area contributed by atoms with E-state index in [0.29, 0.717) is 0 Å². The summed E-state index contributed by atoms with van der Waals surface area (Å²) in [6, 6.07) is 7.06. The average molecular weight is 375 g/mol. The van der Waals surface area contributed by atoms with Crippen molar-refractivity contribution in [2.45, 2.75) is 25.3 Å². The lowest BCUT2D eigenvalue weighted by molar-refractivity contribution is 0.582. The lowest BCUT2D eigenvalue weighted by Gasteiger charge is -2.11. The number of nitrogen functional groups attached to an aromatic ring is 1. The third-order valence-corrected chi connectivity index (χ3v) is 6.06. The van der Waals surface area contributed by atoms with Crippen LogP contribution in [0.15, 0.2) is 32.9 Å². The summed E-state index contributed by atoms with van der Waals surface area (Å²) in [7, 11) is -3.60. The van der Waals surface area contributed by atoms with Gasteiger partial charge >= 0.3 is 0 Å². The van der Waals surface area contributed by atoms with Gasteiger partial charge in [0, 0.05) is 11.4 Å². The van der Waals surface area contributed by atoms with Crippen molar-refractivity contribution in [2.75, 3.05) is 5.73 Å². The number of hydrogen-bond acceptors (Lipinski definition) is 4. The first kappa shape index (κ1) is 15.5. The first-order valence-corrected chi connectivity index (χ1v) is 8.99. The molecule has 0 amide bonds. The van der Waals surface area contributed by atoms with E-state index in [9.17, 15) is 8.42 Å². The van der Waals surface area contributed by atoms with Crippen molar-refractivity contribution in [1.29, 1.82) is 0 Å². The minimum atomic E-state index is -3.60. The predicted octanol–water partition coefficient (Wildman–Crippen LogP) is 3.19. The summed E-state index contributed by atoms with van der Waals surface area (Å²) in [4.78, 5) is 1.07. The summed E-state index contributed by atoms with van der Waals surface area (Å²) in [5.41, 5.74) is 7.97. The molecule has 0 fully saturated rings. The zero-order valence-corrected chi connectivity index (χ0v) is 14.3. The van der Waals surface area contributed by atoms with Gasteiger partial charge in [-0.25, -0.2) is 13.1 Å². The second-order valence-corrected chi connectivity index (χ2v) is 8.79. The molecule has 0 saturated carbocycles. The van der Waals surface area contributed by atoms with Crippen LogP contribution in [0.1, 0.15) is 16.0 Å². The van der Waals surface area contributed by atoms with E-state index >= 15 is 0 Å². The highest BCUT2D eigenvalue weighted by atomic mass is 79.9. The molecular weight excluding hydrogens is 360 g/mol. The maximum Gasteiger partial charge on any atom is 0.242 e. The van der Waals surface area contributed by atoms with E-state index in [4.69, 9.17) is 5.73 Å². The summed E-state index contributed by atoms with van der Waals surface area (Å²) in [6.45, 7) is 4.02. The summed E-state index contributed by atoms with van der Waals surface area (Å²) in [5.74, 6) is 0. The van der Waals surface area contributed by atoms with E-state index in [2.05, 4.69) is 20.7 Å². The Kier molecular flexibility index (Phi) is 4.53. The Labute approximate surface area is 131 Å². The quantitative estimate of drug-likeness (QED) is 0.807. The van der Waals surface area contributed by atoms with Crippen molar-refractivity contribution >= 4 is 43.0 Å². The van der Waals surface area contributed by atoms with Crippen molar-refractivity contribution in [3.05, 3.63) is 44.1 Å². The van der Waals surface area contributed by atoms with Crippen molar-refractivity contribution in [2.24, 2.45) is 0 Å². The summed E-state index contributed by atoms with van der Waals surface area (Å²) < 4.78 is 28.1. The van der Waals surface area contributed by atoms with Gasteiger partial charge in [0.05, 0.1) is 9.47 Å². The SMILES string of the molecule is Cc1cc(N)c(S(=O)(=O)NCc2ccc(Br)s2)cc1C. The molecule has 2 rings (SSSR count). The van der Waals surface area contributed by atoms with Crippen molar-refractivity contribution < 1.29 is 8.42 Å². The fraction of sp³-hybridized carbons (Fsp3) is 0.231. The minimum Gasteiger partial charge on any atom is -0.398 e. The van der Waals surface area contributed by atoms with Crippen LogP contribution < -0.4 is 10.5 Å². The van der Waals surface area contributed by atoms with Crippen LogP contribution in [0.2, 0.25) is 0 Å². The van der Waals surface area contributed by atoms with Gasteiger partial charge in [-0.05, 0) is 65.2 Å². The molecule has 0 spiro atoms. The standard InChI is InChI=1S/C13H15BrN2O2S2/c1-8-5-11(15)12(6-9(8)2)20(17,18)16-7-10-3-4-13(14)19-10/h3-6,16H,7,15H2,1-2H3. The zero-order valence-electron chi connectivity index (χ0n) is 11.1. The molecule has 0 aliphatic heterocycles. The monoisotopic (exact) mass is 374 g/mol. The fourth-order valence-corrected chi connectivity index (χ4v) is 4.45. The van der Waals surface area contributed by atoms with Crippen LogP contribution in [-0.4, -0.2) is 8.42 Å². The molecule has 0 radical (unpaired) electrons. The number of nitrogens with two attached hydrogens (primary N) is 1. The summed E-state index contributed by atoms with van der Waals surface area (Å²) >= 11 is 4.84. The number of hydrogen-bond donors (Lipinski definition) is 2. The molecule has 0 unspecified atom stereocenters. The first-order chi connectivity index (χ1) is 9.29. The maximum atomic E-state index is 12.3. The second kappa shape index (κ2) is 5.85. The molecule has 3 N–H and O–H groups in total. The van der Waals surface area contributed by atoms with Gasteiger partial charge in [0.1, 0.15) is 4.90 Å². The van der Waals surface area contributed by atoms with E-state index in [1.807, 2.05) is 26.0 Å². The number of thiophene rings is 1. The Morgan fingerprint density at radius 1 is 1.25 bits per heavy atom. The van der Waals surface area contributed by atoms with E-state index < -0.39 is 10.0 Å². The summed E-state index contributed by atoms with van der Waals surface area (Å²) in [6.07, 6.45) is 0. The number of rotatable bonds is 4. The molecule has 20 heavy (non-hydrogen) atoms. The van der Waals surface area contributed by atoms with Crippen LogP contribution in [0.4, 0.5) is 5.69 Å². The highest BCUT2D eigenvalue weighted by molar-refractivity contribution is 9.11. The third-order valence-electron chi connectivity index (χ3n) is 2.98. The van der Waals surface area contributed by atoms with E-state index in [1.54, 1.807) is 12.1 Å². The van der Waals surface area contributed by atoms with Crippen LogP contribution in [0.5, 0.6) is 0 Å². The molecule has 2 aromatic rings. The van der Waals surface area contributed by atoms with Crippen LogP contribution >= 0.6 is 27.3 Å². The van der Waals surface area contributed by atoms with E-state index in [1.165, 1.54) is 11.3 Å². The lowest BCUT2D eigenvalue weighted by atomic mass is 10.1. The van der Waals surface area contributed by atoms with Gasteiger partial charge in [-0.1, -0.05) is 0 Å². The van der Waals surface area contributed by atoms with Gasteiger partial charge < -0.3 is 5.73 Å². The van der Waals surface area contributed by atoms with Gasteiger partial charge in [-0.2, -0.15) is 0 Å². The van der Waals surface area contributed by atoms with Gasteiger partial charge in [0.15, 0.2) is 0 Å². The third kappa shape index (κ3) is 3.41. The van der Waals surface area contributed by atoms with E-state index in [-0.39, 0.29) is 17.1 Å². The number of aryl methyl sites for hydroxylation is 2. The van der Waals surface area contributed by atoms with E-state index in [0.717, 1.165) is 19.8 Å². The second-order valence-electron chi connectivity index (χ2n) is 4.50. The molecule has 4 nitrogen and oxygen atoms in total. The Balaban J connectivity index is 2.24. The Morgan fingerprint density at radius 2 is 1.90 bits per heavy atom. The Hall–Kier alpha value is -0.890. The zero-order chi connectivity index (χ0) is 14.9. The van der Waals surface area contributed by atoms with Crippen LogP contribution in [0.25, 0.3) is 0 Å². The van der Waals surface area contributed by atoms with Crippen LogP contribution in [0, 0.1) is 13.8 Å². The van der Waals surface area contributed by atoms with Crippen molar-refractivity contribution in [1.82, 2.24) is 4.72 Å². The van der Waals surface area contributed by atoms with Crippen LogP contribution in [0.3, 0.4) is 0 Å². The predicted molar refractivity (Wildman–Crippen MR) is 86.4 cm³/mol. The molecule has 0 aliphatic rings. The molecule has 0 saturated heterocycles. The lowest BCUT2D eigenvalue weighted by Crippen LogP contribution is -2.24. The highest BCUT2D eigenvalue weighted by Crippen LogP contribution is 2.24. The van der Waals surface area contributed by atoms with Crippen molar-refractivity contribution in [3.8, 4) is 0 Å². The van der Waals surface area contributed by atoms with Gasteiger partial charge in [-0.3, -0.25) is 0 Å². The topological polar surface area (TPSA) is 72.2 Å². The molecule has 1 aromatic carbocycles. The molecule has 7 heteroatoms. The molecule has 1 heterocycles. The highest BCUT2D eigenvalue weighted by Gasteiger charge is 2.18. The number of benzene rings is 1. The maximum absolute atomic E-state index is 12.3. The molecule has 0 bridgehead atoms. The Bertz CT molecular complexity index is 739. The summed E-state index contributed by atoms with van der Waals surface area (Å²) in [5, 5.41) is 0. The molecular formula is C13H15BrN2O2S2. The minimum absolute atomic E-state index is 0.135. The Morgan fingerprint density at radius 3 is 2.50 bits per heavy atom. The van der Waals surface area contributed by atoms with Gasteiger partial charge in [0.2, 0.25) is 10.0 Å². The number of anilines is 1. The molecule has 108 valence electrons. The normalized spacial score (nSPS) is 11.8. The molecule has 0 atom stereocenters. The molecule has 1 aromatic heterocycles. The smallest absolute Gasteiger partial charge is 0.242 e. The number of sulfonamides is 1. The van der Waals surface area contributed by atoms with Crippen LogP contribution in [-0.2, 0) is 16.6 Å². The van der Waals surface area contributed by atoms with Crippen molar-refractivity contribution in [3.63, 3.8) is 0 Å². The fourth-order valence-electron chi connectivity index (χ4n) is 1.74.